The monoisotopic (exact) mass is 454 g/mol. The number of nitro benzene ring substituents is 1. The number of carbonyl (C=O) groups excluding carboxylic acids is 2. The summed E-state index contributed by atoms with van der Waals surface area (Å²) < 4.78 is 10.9. The molecule has 8 nitrogen and oxygen atoms in total. The van der Waals surface area contributed by atoms with Crippen LogP contribution in [-0.2, 0) is 9.53 Å². The van der Waals surface area contributed by atoms with Crippen molar-refractivity contribution in [3.8, 4) is 5.75 Å². The Morgan fingerprint density at radius 2 is 1.97 bits per heavy atom. The molecule has 3 rings (SSSR count). The highest BCUT2D eigenvalue weighted by Crippen LogP contribution is 2.37. The van der Waals surface area contributed by atoms with E-state index >= 15 is 0 Å². The highest BCUT2D eigenvalue weighted by atomic mass is 35.5. The molecule has 0 aliphatic carbocycles. The molecule has 2 aromatic carbocycles. The zero-order valence-corrected chi connectivity index (χ0v) is 17.1. The van der Waals surface area contributed by atoms with Crippen LogP contribution in [0.3, 0.4) is 0 Å². The SMILES string of the molecule is COc1ccc2c(Cl)c(C(=O)OCC(=O)Nc3ccc(Cl)cc3[N+](=O)[O-])sc2c1. The van der Waals surface area contributed by atoms with Gasteiger partial charge in [-0.05, 0) is 30.3 Å². The zero-order valence-electron chi connectivity index (χ0n) is 14.7. The summed E-state index contributed by atoms with van der Waals surface area (Å²) in [5, 5.41) is 14.4. The standard InChI is InChI=1S/C18H12Cl2N2O6S/c1-27-10-3-4-11-14(7-10)29-17(16(11)20)18(24)28-8-15(23)21-12-5-2-9(19)6-13(12)22(25)26/h2-7H,8H2,1H3,(H,21,23). The molecule has 0 bridgehead atoms. The van der Waals surface area contributed by atoms with Crippen molar-refractivity contribution in [1.82, 2.24) is 0 Å². The lowest BCUT2D eigenvalue weighted by Crippen LogP contribution is -2.21. The average molecular weight is 455 g/mol. The molecule has 29 heavy (non-hydrogen) atoms. The van der Waals surface area contributed by atoms with E-state index in [9.17, 15) is 19.7 Å². The lowest BCUT2D eigenvalue weighted by molar-refractivity contribution is -0.383. The van der Waals surface area contributed by atoms with E-state index in [1.54, 1.807) is 18.2 Å². The smallest absolute Gasteiger partial charge is 0.350 e. The van der Waals surface area contributed by atoms with Crippen molar-refractivity contribution in [3.05, 3.63) is 61.4 Å². The number of benzene rings is 2. The number of nitro groups is 1. The summed E-state index contributed by atoms with van der Waals surface area (Å²) in [5.74, 6) is -0.919. The molecule has 0 saturated carbocycles. The van der Waals surface area contributed by atoms with Crippen molar-refractivity contribution in [2.24, 2.45) is 0 Å². The summed E-state index contributed by atoms with van der Waals surface area (Å²) in [6, 6.07) is 8.94. The van der Waals surface area contributed by atoms with E-state index in [1.165, 1.54) is 19.2 Å². The van der Waals surface area contributed by atoms with E-state index in [0.29, 0.717) is 11.1 Å². The molecule has 150 valence electrons. The molecule has 0 aliphatic heterocycles. The first-order valence-corrected chi connectivity index (χ1v) is 9.54. The highest BCUT2D eigenvalue weighted by Gasteiger charge is 2.21. The molecule has 0 radical (unpaired) electrons. The van der Waals surface area contributed by atoms with Crippen molar-refractivity contribution in [2.45, 2.75) is 0 Å². The second-order valence-electron chi connectivity index (χ2n) is 5.65. The van der Waals surface area contributed by atoms with Gasteiger partial charge in [0.15, 0.2) is 6.61 Å². The third kappa shape index (κ3) is 4.58. The highest BCUT2D eigenvalue weighted by molar-refractivity contribution is 7.21. The van der Waals surface area contributed by atoms with Crippen molar-refractivity contribution >= 4 is 67.9 Å². The third-order valence-electron chi connectivity index (χ3n) is 3.79. The number of esters is 1. The van der Waals surface area contributed by atoms with Gasteiger partial charge in [0, 0.05) is 21.2 Å². The summed E-state index contributed by atoms with van der Waals surface area (Å²) in [5.41, 5.74) is -0.439. The number of thiophene rings is 1. The Hall–Kier alpha value is -2.88. The zero-order chi connectivity index (χ0) is 21.1. The first-order chi connectivity index (χ1) is 13.8. The van der Waals surface area contributed by atoms with Crippen LogP contribution in [0.4, 0.5) is 11.4 Å². The quantitative estimate of drug-likeness (QED) is 0.321. The Morgan fingerprint density at radius 3 is 2.66 bits per heavy atom. The minimum Gasteiger partial charge on any atom is -0.497 e. The van der Waals surface area contributed by atoms with Crippen LogP contribution in [-0.4, -0.2) is 30.5 Å². The van der Waals surface area contributed by atoms with Crippen LogP contribution in [0.5, 0.6) is 5.75 Å². The van der Waals surface area contributed by atoms with Gasteiger partial charge < -0.3 is 14.8 Å². The number of fused-ring (bicyclic) bond motifs is 1. The Labute approximate surface area is 178 Å². The number of hydrogen-bond donors (Lipinski definition) is 1. The number of ether oxygens (including phenoxy) is 2. The largest absolute Gasteiger partial charge is 0.497 e. The fourth-order valence-electron chi connectivity index (χ4n) is 2.45. The maximum absolute atomic E-state index is 12.3. The van der Waals surface area contributed by atoms with E-state index in [2.05, 4.69) is 5.32 Å². The van der Waals surface area contributed by atoms with Crippen LogP contribution in [0.25, 0.3) is 10.1 Å². The van der Waals surface area contributed by atoms with Gasteiger partial charge in [-0.2, -0.15) is 0 Å². The fourth-order valence-corrected chi connectivity index (χ4v) is 4.05. The predicted octanol–water partition coefficient (Wildman–Crippen LogP) is 4.92. The number of hydrogen-bond acceptors (Lipinski definition) is 7. The number of anilines is 1. The third-order valence-corrected chi connectivity index (χ3v) is 5.66. The van der Waals surface area contributed by atoms with Gasteiger partial charge in [-0.1, -0.05) is 23.2 Å². The van der Waals surface area contributed by atoms with E-state index in [0.717, 1.165) is 22.1 Å². The summed E-state index contributed by atoms with van der Waals surface area (Å²) in [6.07, 6.45) is 0. The van der Waals surface area contributed by atoms with Gasteiger partial charge in [-0.15, -0.1) is 11.3 Å². The van der Waals surface area contributed by atoms with Gasteiger partial charge >= 0.3 is 5.97 Å². The molecule has 0 fully saturated rings. The van der Waals surface area contributed by atoms with E-state index in [4.69, 9.17) is 32.7 Å². The molecule has 0 saturated heterocycles. The minimum absolute atomic E-state index is 0.0626. The van der Waals surface area contributed by atoms with Gasteiger partial charge in [0.25, 0.3) is 11.6 Å². The summed E-state index contributed by atoms with van der Waals surface area (Å²) in [6.45, 7) is -0.646. The molecule has 0 atom stereocenters. The van der Waals surface area contributed by atoms with Crippen LogP contribution in [0.1, 0.15) is 9.67 Å². The van der Waals surface area contributed by atoms with Crippen LogP contribution in [0, 0.1) is 10.1 Å². The Balaban J connectivity index is 1.70. The maximum atomic E-state index is 12.3. The summed E-state index contributed by atoms with van der Waals surface area (Å²) >= 11 is 13.1. The van der Waals surface area contributed by atoms with Gasteiger partial charge in [-0.3, -0.25) is 14.9 Å². The summed E-state index contributed by atoms with van der Waals surface area (Å²) in [7, 11) is 1.52. The van der Waals surface area contributed by atoms with Crippen molar-refractivity contribution < 1.29 is 24.0 Å². The van der Waals surface area contributed by atoms with Crippen LogP contribution >= 0.6 is 34.5 Å². The molecule has 0 aliphatic rings. The molecular weight excluding hydrogens is 443 g/mol. The van der Waals surface area contributed by atoms with Gasteiger partial charge in [-0.25, -0.2) is 4.79 Å². The molecule has 1 N–H and O–H groups in total. The second-order valence-corrected chi connectivity index (χ2v) is 7.52. The van der Waals surface area contributed by atoms with E-state index < -0.39 is 23.4 Å². The van der Waals surface area contributed by atoms with Crippen LogP contribution in [0.2, 0.25) is 10.0 Å². The van der Waals surface area contributed by atoms with Crippen molar-refractivity contribution in [2.75, 3.05) is 19.0 Å². The number of methoxy groups -OCH3 is 1. The van der Waals surface area contributed by atoms with Crippen LogP contribution in [0.15, 0.2) is 36.4 Å². The predicted molar refractivity (Wildman–Crippen MR) is 110 cm³/mol. The Bertz CT molecular complexity index is 1130. The minimum atomic E-state index is -0.782. The normalized spacial score (nSPS) is 10.6. The Morgan fingerprint density at radius 1 is 1.21 bits per heavy atom. The first-order valence-electron chi connectivity index (χ1n) is 7.97. The van der Waals surface area contributed by atoms with Gasteiger partial charge in [0.2, 0.25) is 0 Å². The van der Waals surface area contributed by atoms with Crippen LogP contribution < -0.4 is 10.1 Å². The van der Waals surface area contributed by atoms with Gasteiger partial charge in [0.1, 0.15) is 16.3 Å². The molecule has 1 aromatic heterocycles. The Kier molecular flexibility index (Phi) is 6.21. The number of rotatable bonds is 6. The van der Waals surface area contributed by atoms with E-state index in [1.807, 2.05) is 0 Å². The summed E-state index contributed by atoms with van der Waals surface area (Å²) in [4.78, 5) is 34.9. The molecule has 3 aromatic rings. The first kappa shape index (κ1) is 20.8. The molecular formula is C18H12Cl2N2O6S. The topological polar surface area (TPSA) is 108 Å². The maximum Gasteiger partial charge on any atom is 0.350 e. The number of nitrogens with one attached hydrogen (secondary N) is 1. The second kappa shape index (κ2) is 8.64. The lowest BCUT2D eigenvalue weighted by Gasteiger charge is -2.07. The molecule has 11 heteroatoms. The lowest BCUT2D eigenvalue weighted by atomic mass is 10.2. The molecule has 1 heterocycles. The molecule has 0 unspecified atom stereocenters. The number of halogens is 2. The molecule has 1 amide bonds. The van der Waals surface area contributed by atoms with Crippen molar-refractivity contribution in [3.63, 3.8) is 0 Å². The number of amides is 1. The van der Waals surface area contributed by atoms with E-state index in [-0.39, 0.29) is 26.3 Å². The number of nitrogens with zero attached hydrogens (tertiary/aromatic N) is 1. The average Bonchev–Trinajstić information content (AvgIpc) is 3.03. The van der Waals surface area contributed by atoms with Gasteiger partial charge in [0.05, 0.1) is 17.1 Å². The number of carbonyl (C=O) groups is 2. The fraction of sp³-hybridized carbons (Fsp3) is 0.111. The molecule has 0 spiro atoms. The van der Waals surface area contributed by atoms with Crippen molar-refractivity contribution in [1.29, 1.82) is 0 Å².